The van der Waals surface area contributed by atoms with Crippen LogP contribution >= 0.6 is 0 Å². The molecule has 0 amide bonds. The van der Waals surface area contributed by atoms with Crippen LogP contribution in [0.25, 0.3) is 0 Å². The molecule has 21 heavy (non-hydrogen) atoms. The summed E-state index contributed by atoms with van der Waals surface area (Å²) in [6.07, 6.45) is 0.728. The maximum Gasteiger partial charge on any atom is 0.0682 e. The van der Waals surface area contributed by atoms with Gasteiger partial charge in [-0.05, 0) is 19.8 Å². The van der Waals surface area contributed by atoms with E-state index in [1.807, 2.05) is 6.92 Å². The Morgan fingerprint density at radius 3 is 2.05 bits per heavy atom. The highest BCUT2D eigenvalue weighted by atomic mass is 16.5. The fraction of sp³-hybridized carbons (Fsp3) is 1.00. The number of morpholine rings is 2. The number of hydrogen-bond donors (Lipinski definition) is 2. The Hall–Kier alpha value is -0.240. The number of aliphatic hydroxyl groups excluding tert-OH is 2. The van der Waals surface area contributed by atoms with E-state index in [2.05, 4.69) is 9.80 Å². The minimum atomic E-state index is -0.352. The quantitative estimate of drug-likeness (QED) is 0.663. The molecule has 0 aromatic carbocycles. The summed E-state index contributed by atoms with van der Waals surface area (Å²) in [6.45, 7) is 9.10. The SMILES string of the molecule is CC(O)CC(C[C@@H](O)CN1CCOCC1)N1CCOCC1. The summed E-state index contributed by atoms with van der Waals surface area (Å²) >= 11 is 0. The molecule has 2 fully saturated rings. The van der Waals surface area contributed by atoms with Crippen LogP contribution in [0.5, 0.6) is 0 Å². The third kappa shape index (κ3) is 6.18. The monoisotopic (exact) mass is 302 g/mol. The molecule has 2 heterocycles. The lowest BCUT2D eigenvalue weighted by atomic mass is 10.0. The Balaban J connectivity index is 1.81. The van der Waals surface area contributed by atoms with E-state index in [-0.39, 0.29) is 18.2 Å². The number of β-amino-alcohol motifs (C(OH)–C–C–N with tert-alkyl or cyclic N) is 1. The summed E-state index contributed by atoms with van der Waals surface area (Å²) in [5, 5.41) is 20.1. The predicted octanol–water partition coefficient (Wildman–Crippen LogP) is -0.459. The Labute approximate surface area is 127 Å². The number of rotatable bonds is 7. The van der Waals surface area contributed by atoms with Gasteiger partial charge in [0.1, 0.15) is 0 Å². The lowest BCUT2D eigenvalue weighted by Crippen LogP contribution is -2.48. The smallest absolute Gasteiger partial charge is 0.0682 e. The second-order valence-corrected chi connectivity index (χ2v) is 6.19. The Kier molecular flexibility index (Phi) is 7.36. The summed E-state index contributed by atoms with van der Waals surface area (Å²) in [7, 11) is 0. The van der Waals surface area contributed by atoms with Crippen molar-refractivity contribution < 1.29 is 19.7 Å². The van der Waals surface area contributed by atoms with E-state index in [4.69, 9.17) is 9.47 Å². The Morgan fingerprint density at radius 1 is 0.905 bits per heavy atom. The molecule has 0 bridgehead atoms. The third-order valence-electron chi connectivity index (χ3n) is 4.29. The molecular weight excluding hydrogens is 272 g/mol. The molecule has 2 rings (SSSR count). The van der Waals surface area contributed by atoms with Gasteiger partial charge in [0.2, 0.25) is 0 Å². The van der Waals surface area contributed by atoms with Gasteiger partial charge in [0.15, 0.2) is 0 Å². The molecule has 0 aromatic heterocycles. The van der Waals surface area contributed by atoms with Crippen LogP contribution < -0.4 is 0 Å². The van der Waals surface area contributed by atoms with Gasteiger partial charge in [0, 0.05) is 38.8 Å². The van der Waals surface area contributed by atoms with Crippen molar-refractivity contribution in [1.29, 1.82) is 0 Å². The topological polar surface area (TPSA) is 65.4 Å². The molecule has 6 heteroatoms. The number of hydrogen-bond acceptors (Lipinski definition) is 6. The average molecular weight is 302 g/mol. The minimum absolute atomic E-state index is 0.227. The fourth-order valence-electron chi connectivity index (χ4n) is 3.20. The van der Waals surface area contributed by atoms with Crippen LogP contribution in [0.1, 0.15) is 19.8 Å². The van der Waals surface area contributed by atoms with Crippen molar-refractivity contribution in [1.82, 2.24) is 9.80 Å². The molecular formula is C15H30N2O4. The lowest BCUT2D eigenvalue weighted by molar-refractivity contribution is -0.0205. The fourth-order valence-corrected chi connectivity index (χ4v) is 3.20. The molecule has 0 aromatic rings. The first-order chi connectivity index (χ1) is 10.1. The van der Waals surface area contributed by atoms with Crippen LogP contribution in [0.2, 0.25) is 0 Å². The molecule has 2 aliphatic heterocycles. The highest BCUT2D eigenvalue weighted by molar-refractivity contribution is 4.80. The normalized spacial score (nSPS) is 26.4. The van der Waals surface area contributed by atoms with E-state index in [1.54, 1.807) is 0 Å². The lowest BCUT2D eigenvalue weighted by Gasteiger charge is -2.37. The first kappa shape index (κ1) is 17.1. The second-order valence-electron chi connectivity index (χ2n) is 6.19. The molecule has 2 unspecified atom stereocenters. The Morgan fingerprint density at radius 2 is 1.48 bits per heavy atom. The van der Waals surface area contributed by atoms with Crippen LogP contribution in [-0.4, -0.2) is 97.4 Å². The van der Waals surface area contributed by atoms with Crippen LogP contribution in [0.15, 0.2) is 0 Å². The van der Waals surface area contributed by atoms with Gasteiger partial charge < -0.3 is 19.7 Å². The summed E-state index contributed by atoms with van der Waals surface area (Å²) in [4.78, 5) is 4.60. The number of nitrogens with zero attached hydrogens (tertiary/aromatic N) is 2. The molecule has 2 N–H and O–H groups in total. The molecule has 3 atom stereocenters. The zero-order valence-electron chi connectivity index (χ0n) is 13.1. The molecule has 0 saturated carbocycles. The van der Waals surface area contributed by atoms with Crippen LogP contribution in [0.4, 0.5) is 0 Å². The largest absolute Gasteiger partial charge is 0.393 e. The summed E-state index contributed by atoms with van der Waals surface area (Å²) in [5.74, 6) is 0. The van der Waals surface area contributed by atoms with Crippen molar-refractivity contribution in [2.45, 2.75) is 38.0 Å². The zero-order chi connectivity index (χ0) is 15.1. The highest BCUT2D eigenvalue weighted by Crippen LogP contribution is 2.16. The van der Waals surface area contributed by atoms with E-state index in [0.29, 0.717) is 19.4 Å². The maximum absolute atomic E-state index is 10.4. The molecule has 0 aliphatic carbocycles. The molecule has 0 spiro atoms. The van der Waals surface area contributed by atoms with Crippen LogP contribution in [0.3, 0.4) is 0 Å². The summed E-state index contributed by atoms with van der Waals surface area (Å²) in [6, 6.07) is 0.227. The van der Waals surface area contributed by atoms with Crippen LogP contribution in [-0.2, 0) is 9.47 Å². The van der Waals surface area contributed by atoms with Gasteiger partial charge in [-0.2, -0.15) is 0 Å². The van der Waals surface area contributed by atoms with Gasteiger partial charge in [-0.1, -0.05) is 0 Å². The summed E-state index contributed by atoms with van der Waals surface area (Å²) in [5.41, 5.74) is 0. The second kappa shape index (κ2) is 9.02. The zero-order valence-corrected chi connectivity index (χ0v) is 13.1. The van der Waals surface area contributed by atoms with E-state index in [1.165, 1.54) is 0 Å². The van der Waals surface area contributed by atoms with Crippen molar-refractivity contribution >= 4 is 0 Å². The highest BCUT2D eigenvalue weighted by Gasteiger charge is 2.26. The van der Waals surface area contributed by atoms with Crippen molar-refractivity contribution in [3.8, 4) is 0 Å². The Bertz CT molecular complexity index is 279. The van der Waals surface area contributed by atoms with Gasteiger partial charge in [-0.3, -0.25) is 9.80 Å². The first-order valence-corrected chi connectivity index (χ1v) is 8.13. The average Bonchev–Trinajstić information content (AvgIpc) is 2.48. The molecule has 124 valence electrons. The van der Waals surface area contributed by atoms with Gasteiger partial charge in [0.05, 0.1) is 38.6 Å². The predicted molar refractivity (Wildman–Crippen MR) is 80.4 cm³/mol. The van der Waals surface area contributed by atoms with Crippen molar-refractivity contribution in [3.63, 3.8) is 0 Å². The van der Waals surface area contributed by atoms with E-state index in [9.17, 15) is 10.2 Å². The van der Waals surface area contributed by atoms with E-state index >= 15 is 0 Å². The molecule has 2 saturated heterocycles. The molecule has 6 nitrogen and oxygen atoms in total. The minimum Gasteiger partial charge on any atom is -0.393 e. The van der Waals surface area contributed by atoms with Crippen molar-refractivity contribution in [3.05, 3.63) is 0 Å². The first-order valence-electron chi connectivity index (χ1n) is 8.13. The number of ether oxygens (including phenoxy) is 2. The maximum atomic E-state index is 10.4. The van der Waals surface area contributed by atoms with Crippen LogP contribution in [0, 0.1) is 0 Å². The third-order valence-corrected chi connectivity index (χ3v) is 4.29. The summed E-state index contributed by atoms with van der Waals surface area (Å²) < 4.78 is 10.7. The number of aliphatic hydroxyl groups is 2. The standard InChI is InChI=1S/C15H30N2O4/c1-13(18)10-14(17-4-8-21-9-5-17)11-15(19)12-16-2-6-20-7-3-16/h13-15,18-19H,2-12H2,1H3/t13?,14?,15-/m1/s1. The van der Waals surface area contributed by atoms with Gasteiger partial charge in [-0.25, -0.2) is 0 Å². The van der Waals surface area contributed by atoms with Crippen molar-refractivity contribution in [2.75, 3.05) is 59.2 Å². The van der Waals surface area contributed by atoms with Gasteiger partial charge in [0.25, 0.3) is 0 Å². The molecule has 0 radical (unpaired) electrons. The van der Waals surface area contributed by atoms with Crippen molar-refractivity contribution in [2.24, 2.45) is 0 Å². The van der Waals surface area contributed by atoms with E-state index < -0.39 is 0 Å². The van der Waals surface area contributed by atoms with Gasteiger partial charge >= 0.3 is 0 Å². The van der Waals surface area contributed by atoms with Gasteiger partial charge in [-0.15, -0.1) is 0 Å². The van der Waals surface area contributed by atoms with E-state index in [0.717, 1.165) is 52.6 Å². The molecule has 2 aliphatic rings.